The standard InChI is InChI=1S/C23H23N7OS/c1-29-12-17(10-27-29)15-2-5-22(24)30(13-15)23(25)32-20-3-4-21-16(9-20)8-19(11-26-21)28-18-6-7-31-14-18/h2-5,8-13,18,24-25,28H,6-7,14H2,1H3. The Labute approximate surface area is 189 Å². The Morgan fingerprint density at radius 2 is 2.06 bits per heavy atom. The van der Waals surface area contributed by atoms with Gasteiger partial charge < -0.3 is 10.1 Å². The van der Waals surface area contributed by atoms with Gasteiger partial charge in [0.25, 0.3) is 0 Å². The van der Waals surface area contributed by atoms with Crippen LogP contribution >= 0.6 is 11.8 Å². The second-order valence-corrected chi connectivity index (χ2v) is 8.83. The smallest absolute Gasteiger partial charge is 0.171 e. The first-order valence-corrected chi connectivity index (χ1v) is 11.1. The molecule has 1 aromatic carbocycles. The lowest BCUT2D eigenvalue weighted by atomic mass is 10.2. The predicted molar refractivity (Wildman–Crippen MR) is 126 cm³/mol. The van der Waals surface area contributed by atoms with Crippen molar-refractivity contribution in [1.29, 1.82) is 10.8 Å². The van der Waals surface area contributed by atoms with Crippen LogP contribution in [0, 0.1) is 10.8 Å². The number of pyridine rings is 2. The van der Waals surface area contributed by atoms with Gasteiger partial charge >= 0.3 is 0 Å². The summed E-state index contributed by atoms with van der Waals surface area (Å²) >= 11 is 1.31. The summed E-state index contributed by atoms with van der Waals surface area (Å²) in [6, 6.07) is 11.9. The molecule has 4 heterocycles. The maximum Gasteiger partial charge on any atom is 0.171 e. The SMILES string of the molecule is Cn1cc(-c2ccc(=N)n(C(=N)Sc3ccc4ncc(NC5CCOC5)cc4c3)c2)cn1. The first-order valence-electron chi connectivity index (χ1n) is 10.3. The quantitative estimate of drug-likeness (QED) is 0.252. The summed E-state index contributed by atoms with van der Waals surface area (Å²) in [7, 11) is 1.87. The molecule has 4 aromatic rings. The average molecular weight is 446 g/mol. The molecule has 0 bridgehead atoms. The number of benzene rings is 1. The van der Waals surface area contributed by atoms with Crippen LogP contribution in [-0.4, -0.2) is 43.8 Å². The summed E-state index contributed by atoms with van der Waals surface area (Å²) in [5.74, 6) is 0. The van der Waals surface area contributed by atoms with Crippen LogP contribution in [0.3, 0.4) is 0 Å². The van der Waals surface area contributed by atoms with Crippen molar-refractivity contribution in [2.24, 2.45) is 7.05 Å². The molecular formula is C23H23N7OS. The molecular weight excluding hydrogens is 422 g/mol. The van der Waals surface area contributed by atoms with Crippen LogP contribution in [0.2, 0.25) is 0 Å². The molecule has 1 unspecified atom stereocenters. The summed E-state index contributed by atoms with van der Waals surface area (Å²) in [6.45, 7) is 1.51. The number of thioether (sulfide) groups is 1. The fraction of sp³-hybridized carbons (Fsp3) is 0.217. The lowest BCUT2D eigenvalue weighted by Crippen LogP contribution is -2.23. The van der Waals surface area contributed by atoms with E-state index in [4.69, 9.17) is 15.6 Å². The van der Waals surface area contributed by atoms with E-state index < -0.39 is 0 Å². The highest BCUT2D eigenvalue weighted by molar-refractivity contribution is 8.13. The molecule has 0 saturated carbocycles. The number of nitrogens with zero attached hydrogens (tertiary/aromatic N) is 4. The van der Waals surface area contributed by atoms with E-state index in [2.05, 4.69) is 21.5 Å². The van der Waals surface area contributed by atoms with Crippen molar-refractivity contribution in [3.05, 3.63) is 66.7 Å². The highest BCUT2D eigenvalue weighted by Crippen LogP contribution is 2.26. The highest BCUT2D eigenvalue weighted by atomic mass is 32.2. The van der Waals surface area contributed by atoms with Crippen LogP contribution in [0.15, 0.2) is 66.1 Å². The van der Waals surface area contributed by atoms with E-state index >= 15 is 0 Å². The Kier molecular flexibility index (Phi) is 5.50. The molecule has 3 aromatic heterocycles. The topological polar surface area (TPSA) is 105 Å². The second kappa shape index (κ2) is 8.60. The van der Waals surface area contributed by atoms with Crippen molar-refractivity contribution < 1.29 is 4.74 Å². The van der Waals surface area contributed by atoms with Crippen LogP contribution < -0.4 is 10.8 Å². The average Bonchev–Trinajstić information content (AvgIpc) is 3.45. The number of hydrogen-bond donors (Lipinski definition) is 3. The first kappa shape index (κ1) is 20.5. The number of hydrogen-bond acceptors (Lipinski definition) is 7. The number of aromatic nitrogens is 4. The number of nitrogens with one attached hydrogen (secondary N) is 3. The lowest BCUT2D eigenvalue weighted by Gasteiger charge is -2.13. The second-order valence-electron chi connectivity index (χ2n) is 7.77. The molecule has 0 radical (unpaired) electrons. The van der Waals surface area contributed by atoms with Crippen LogP contribution in [0.4, 0.5) is 5.69 Å². The van der Waals surface area contributed by atoms with Crippen molar-refractivity contribution in [3.8, 4) is 11.1 Å². The number of anilines is 1. The van der Waals surface area contributed by atoms with Gasteiger partial charge in [-0.3, -0.25) is 25.1 Å². The highest BCUT2D eigenvalue weighted by Gasteiger charge is 2.15. The Morgan fingerprint density at radius 1 is 1.16 bits per heavy atom. The Hall–Kier alpha value is -3.43. The van der Waals surface area contributed by atoms with Gasteiger partial charge in [0.2, 0.25) is 0 Å². The predicted octanol–water partition coefficient (Wildman–Crippen LogP) is 3.69. The van der Waals surface area contributed by atoms with Crippen molar-refractivity contribution in [2.45, 2.75) is 17.4 Å². The number of fused-ring (bicyclic) bond motifs is 1. The summed E-state index contributed by atoms with van der Waals surface area (Å²) < 4.78 is 8.75. The molecule has 0 spiro atoms. The number of ether oxygens (including phenoxy) is 1. The zero-order valence-electron chi connectivity index (χ0n) is 17.6. The summed E-state index contributed by atoms with van der Waals surface area (Å²) in [5.41, 5.74) is 3.99. The zero-order valence-corrected chi connectivity index (χ0v) is 18.4. The fourth-order valence-corrected chi connectivity index (χ4v) is 4.50. The van der Waals surface area contributed by atoms with Gasteiger partial charge in [-0.25, -0.2) is 0 Å². The molecule has 0 amide bonds. The van der Waals surface area contributed by atoms with Gasteiger partial charge in [-0.05, 0) is 42.8 Å². The number of rotatable bonds is 4. The van der Waals surface area contributed by atoms with E-state index in [0.717, 1.165) is 52.2 Å². The molecule has 3 N–H and O–H groups in total. The molecule has 162 valence electrons. The van der Waals surface area contributed by atoms with E-state index in [9.17, 15) is 0 Å². The first-order chi connectivity index (χ1) is 15.5. The van der Waals surface area contributed by atoms with Gasteiger partial charge in [-0.2, -0.15) is 5.10 Å². The van der Waals surface area contributed by atoms with Crippen molar-refractivity contribution in [3.63, 3.8) is 0 Å². The minimum atomic E-state index is 0.253. The van der Waals surface area contributed by atoms with Crippen molar-refractivity contribution in [2.75, 3.05) is 18.5 Å². The Bertz CT molecular complexity index is 1350. The third-order valence-corrected chi connectivity index (χ3v) is 6.25. The van der Waals surface area contributed by atoms with Crippen LogP contribution in [-0.2, 0) is 11.8 Å². The zero-order chi connectivity index (χ0) is 22.1. The van der Waals surface area contributed by atoms with Crippen LogP contribution in [0.5, 0.6) is 0 Å². The third-order valence-electron chi connectivity index (χ3n) is 5.37. The van der Waals surface area contributed by atoms with Crippen LogP contribution in [0.1, 0.15) is 6.42 Å². The van der Waals surface area contributed by atoms with E-state index in [-0.39, 0.29) is 10.7 Å². The van der Waals surface area contributed by atoms with E-state index in [0.29, 0.717) is 6.04 Å². The summed E-state index contributed by atoms with van der Waals surface area (Å²) in [5, 5.41) is 25.8. The molecule has 0 aliphatic carbocycles. The normalized spacial score (nSPS) is 15.8. The van der Waals surface area contributed by atoms with Gasteiger partial charge in [0.1, 0.15) is 5.49 Å². The van der Waals surface area contributed by atoms with Gasteiger partial charge in [0.05, 0.1) is 36.2 Å². The van der Waals surface area contributed by atoms with Crippen LogP contribution in [0.25, 0.3) is 22.0 Å². The molecule has 1 aliphatic heterocycles. The monoisotopic (exact) mass is 445 g/mol. The van der Waals surface area contributed by atoms with Gasteiger partial charge in [0, 0.05) is 47.5 Å². The summed E-state index contributed by atoms with van der Waals surface area (Å²) in [6.07, 6.45) is 8.35. The molecule has 32 heavy (non-hydrogen) atoms. The lowest BCUT2D eigenvalue weighted by molar-refractivity contribution is 0.195. The minimum Gasteiger partial charge on any atom is -0.379 e. The Balaban J connectivity index is 1.38. The van der Waals surface area contributed by atoms with E-state index in [1.54, 1.807) is 21.5 Å². The molecule has 1 fully saturated rings. The van der Waals surface area contributed by atoms with Gasteiger partial charge in [-0.1, -0.05) is 11.8 Å². The van der Waals surface area contributed by atoms with Gasteiger partial charge in [-0.15, -0.1) is 0 Å². The minimum absolute atomic E-state index is 0.253. The molecule has 8 nitrogen and oxygen atoms in total. The largest absolute Gasteiger partial charge is 0.379 e. The maximum atomic E-state index is 8.62. The molecule has 5 rings (SSSR count). The van der Waals surface area contributed by atoms with Gasteiger partial charge in [0.15, 0.2) is 5.17 Å². The maximum absolute atomic E-state index is 8.62. The van der Waals surface area contributed by atoms with E-state index in [1.165, 1.54) is 11.8 Å². The Morgan fingerprint density at radius 3 is 2.84 bits per heavy atom. The number of aryl methyl sites for hydroxylation is 1. The third kappa shape index (κ3) is 4.30. The molecule has 9 heteroatoms. The van der Waals surface area contributed by atoms with E-state index in [1.807, 2.05) is 49.9 Å². The molecule has 1 aliphatic rings. The molecule has 1 atom stereocenters. The van der Waals surface area contributed by atoms with Crippen molar-refractivity contribution >= 4 is 33.5 Å². The summed E-state index contributed by atoms with van der Waals surface area (Å²) in [4.78, 5) is 5.47. The van der Waals surface area contributed by atoms with Crippen molar-refractivity contribution in [1.82, 2.24) is 19.3 Å². The fourth-order valence-electron chi connectivity index (χ4n) is 3.71. The molecule has 1 saturated heterocycles.